The van der Waals surface area contributed by atoms with Gasteiger partial charge in [-0.1, -0.05) is 48.0 Å². The molecule has 1 aromatic carbocycles. The molecule has 0 aliphatic heterocycles. The Bertz CT molecular complexity index is 504. The number of amides is 1. The van der Waals surface area contributed by atoms with Gasteiger partial charge in [0.05, 0.1) is 5.92 Å². The number of nitrogens with zero attached hydrogens (tertiary/aromatic N) is 1. The van der Waals surface area contributed by atoms with Gasteiger partial charge < -0.3 is 10.0 Å². The van der Waals surface area contributed by atoms with E-state index in [1.165, 1.54) is 4.90 Å². The number of carbonyl (C=O) groups is 2. The second-order valence-electron chi connectivity index (χ2n) is 5.36. The molecule has 0 spiro atoms. The first-order chi connectivity index (χ1) is 9.86. The third kappa shape index (κ3) is 5.16. The van der Waals surface area contributed by atoms with Crippen molar-refractivity contribution in [2.24, 2.45) is 11.8 Å². The minimum Gasteiger partial charge on any atom is -0.481 e. The van der Waals surface area contributed by atoms with Crippen molar-refractivity contribution in [3.63, 3.8) is 0 Å². The van der Waals surface area contributed by atoms with E-state index in [1.54, 1.807) is 14.0 Å². The molecule has 0 aromatic heterocycles. The summed E-state index contributed by atoms with van der Waals surface area (Å²) in [6, 6.07) is 7.85. The molecular weight excluding hydrogens is 334 g/mol. The summed E-state index contributed by atoms with van der Waals surface area (Å²) in [6.07, 6.45) is 1.38. The number of carbonyl (C=O) groups excluding carboxylic acids is 1. The van der Waals surface area contributed by atoms with Gasteiger partial charge in [-0.2, -0.15) is 0 Å². The number of aliphatic carboxylic acids is 1. The van der Waals surface area contributed by atoms with E-state index >= 15 is 0 Å². The van der Waals surface area contributed by atoms with E-state index < -0.39 is 11.9 Å². The number of hydrogen-bond acceptors (Lipinski definition) is 2. The number of carboxylic acid groups (broad SMARTS) is 1. The van der Waals surface area contributed by atoms with Gasteiger partial charge in [0, 0.05) is 24.0 Å². The average Bonchev–Trinajstić information content (AvgIpc) is 2.45. The van der Waals surface area contributed by atoms with Crippen molar-refractivity contribution in [3.05, 3.63) is 34.3 Å². The van der Waals surface area contributed by atoms with Crippen LogP contribution in [-0.4, -0.2) is 35.5 Å². The summed E-state index contributed by atoms with van der Waals surface area (Å²) in [5.74, 6) is -1.57. The van der Waals surface area contributed by atoms with Gasteiger partial charge >= 0.3 is 5.97 Å². The van der Waals surface area contributed by atoms with Crippen molar-refractivity contribution < 1.29 is 14.7 Å². The lowest BCUT2D eigenvalue weighted by Gasteiger charge is -2.25. The molecule has 1 amide bonds. The first-order valence-electron chi connectivity index (χ1n) is 7.08. The van der Waals surface area contributed by atoms with Crippen LogP contribution in [0.3, 0.4) is 0 Å². The zero-order chi connectivity index (χ0) is 16.0. The standard InChI is InChI=1S/C16H22BrNO3/c1-4-12(9-13-7-5-6-8-14(13)17)15(19)18(3)10-11(2)16(20)21/h5-8,11-12H,4,9-10H2,1-3H3,(H,20,21). The van der Waals surface area contributed by atoms with Crippen LogP contribution in [0.5, 0.6) is 0 Å². The topological polar surface area (TPSA) is 57.6 Å². The zero-order valence-electron chi connectivity index (χ0n) is 12.7. The predicted molar refractivity (Wildman–Crippen MR) is 86.1 cm³/mol. The van der Waals surface area contributed by atoms with Crippen LogP contribution in [-0.2, 0) is 16.0 Å². The van der Waals surface area contributed by atoms with Crippen LogP contribution >= 0.6 is 15.9 Å². The van der Waals surface area contributed by atoms with Gasteiger partial charge in [-0.15, -0.1) is 0 Å². The first kappa shape index (κ1) is 17.7. The summed E-state index contributed by atoms with van der Waals surface area (Å²) in [4.78, 5) is 24.9. The van der Waals surface area contributed by atoms with Crippen LogP contribution in [0.2, 0.25) is 0 Å². The van der Waals surface area contributed by atoms with Gasteiger partial charge in [0.1, 0.15) is 0 Å². The molecule has 0 aliphatic carbocycles. The smallest absolute Gasteiger partial charge is 0.308 e. The Labute approximate surface area is 134 Å². The lowest BCUT2D eigenvalue weighted by atomic mass is 9.95. The molecule has 0 radical (unpaired) electrons. The van der Waals surface area contributed by atoms with Crippen LogP contribution in [0.4, 0.5) is 0 Å². The molecule has 0 aliphatic rings. The molecule has 1 N–H and O–H groups in total. The molecule has 5 heteroatoms. The summed E-state index contributed by atoms with van der Waals surface area (Å²) in [6.45, 7) is 3.83. The monoisotopic (exact) mass is 355 g/mol. The minimum atomic E-state index is -0.881. The van der Waals surface area contributed by atoms with Gasteiger partial charge in [0.25, 0.3) is 0 Å². The quantitative estimate of drug-likeness (QED) is 0.816. The lowest BCUT2D eigenvalue weighted by molar-refractivity contribution is -0.143. The van der Waals surface area contributed by atoms with E-state index in [0.717, 1.165) is 16.5 Å². The van der Waals surface area contributed by atoms with Gasteiger partial charge in [0.15, 0.2) is 0 Å². The predicted octanol–water partition coefficient (Wildman–Crippen LogP) is 3.20. The molecule has 0 saturated heterocycles. The fourth-order valence-corrected chi connectivity index (χ4v) is 2.67. The lowest BCUT2D eigenvalue weighted by Crippen LogP contribution is -2.38. The number of carboxylic acids is 1. The van der Waals surface area contributed by atoms with Crippen LogP contribution in [0.25, 0.3) is 0 Å². The van der Waals surface area contributed by atoms with Gasteiger partial charge in [-0.3, -0.25) is 9.59 Å². The van der Waals surface area contributed by atoms with Gasteiger partial charge in [-0.25, -0.2) is 0 Å². The number of hydrogen-bond donors (Lipinski definition) is 1. The van der Waals surface area contributed by atoms with E-state index in [1.807, 2.05) is 31.2 Å². The third-order valence-corrected chi connectivity index (χ3v) is 4.39. The average molecular weight is 356 g/mol. The Balaban J connectivity index is 2.73. The number of halogens is 1. The zero-order valence-corrected chi connectivity index (χ0v) is 14.3. The largest absolute Gasteiger partial charge is 0.481 e. The van der Waals surface area contributed by atoms with Crippen LogP contribution < -0.4 is 0 Å². The van der Waals surface area contributed by atoms with Crippen molar-refractivity contribution in [1.29, 1.82) is 0 Å². The summed E-state index contributed by atoms with van der Waals surface area (Å²) < 4.78 is 0.998. The molecule has 0 saturated carbocycles. The highest BCUT2D eigenvalue weighted by Gasteiger charge is 2.24. The fraction of sp³-hybridized carbons (Fsp3) is 0.500. The maximum Gasteiger partial charge on any atom is 0.308 e. The SMILES string of the molecule is CCC(Cc1ccccc1Br)C(=O)N(C)CC(C)C(=O)O. The third-order valence-electron chi connectivity index (χ3n) is 3.61. The Morgan fingerprint density at radius 2 is 1.95 bits per heavy atom. The Hall–Kier alpha value is -1.36. The molecule has 1 aromatic rings. The van der Waals surface area contributed by atoms with Crippen molar-refractivity contribution in [1.82, 2.24) is 4.90 Å². The van der Waals surface area contributed by atoms with Crippen molar-refractivity contribution in [3.8, 4) is 0 Å². The Kier molecular flexibility index (Phi) is 6.89. The molecule has 0 bridgehead atoms. The van der Waals surface area contributed by atoms with E-state index in [2.05, 4.69) is 15.9 Å². The van der Waals surface area contributed by atoms with Crippen molar-refractivity contribution >= 4 is 27.8 Å². The van der Waals surface area contributed by atoms with Crippen LogP contribution in [0.15, 0.2) is 28.7 Å². The molecule has 2 unspecified atom stereocenters. The second-order valence-corrected chi connectivity index (χ2v) is 6.21. The normalized spacial score (nSPS) is 13.5. The molecule has 0 fully saturated rings. The number of rotatable bonds is 7. The van der Waals surface area contributed by atoms with Crippen LogP contribution in [0.1, 0.15) is 25.8 Å². The number of benzene rings is 1. The van der Waals surface area contributed by atoms with Gasteiger partial charge in [0.2, 0.25) is 5.91 Å². The van der Waals surface area contributed by atoms with E-state index in [0.29, 0.717) is 6.42 Å². The highest BCUT2D eigenvalue weighted by Crippen LogP contribution is 2.22. The van der Waals surface area contributed by atoms with E-state index in [-0.39, 0.29) is 18.4 Å². The highest BCUT2D eigenvalue weighted by atomic mass is 79.9. The maximum absolute atomic E-state index is 12.5. The van der Waals surface area contributed by atoms with E-state index in [9.17, 15) is 9.59 Å². The molecule has 4 nitrogen and oxygen atoms in total. The van der Waals surface area contributed by atoms with Crippen LogP contribution in [0, 0.1) is 11.8 Å². The van der Waals surface area contributed by atoms with Crippen molar-refractivity contribution in [2.45, 2.75) is 26.7 Å². The maximum atomic E-state index is 12.5. The summed E-state index contributed by atoms with van der Waals surface area (Å²) in [5.41, 5.74) is 1.09. The summed E-state index contributed by atoms with van der Waals surface area (Å²) in [5, 5.41) is 8.94. The fourth-order valence-electron chi connectivity index (χ4n) is 2.23. The molecular formula is C16H22BrNO3. The molecule has 2 atom stereocenters. The van der Waals surface area contributed by atoms with Gasteiger partial charge in [-0.05, 0) is 24.5 Å². The van der Waals surface area contributed by atoms with E-state index in [4.69, 9.17) is 5.11 Å². The molecule has 21 heavy (non-hydrogen) atoms. The summed E-state index contributed by atoms with van der Waals surface area (Å²) in [7, 11) is 1.67. The summed E-state index contributed by atoms with van der Waals surface area (Å²) >= 11 is 3.50. The van der Waals surface area contributed by atoms with Crippen molar-refractivity contribution in [2.75, 3.05) is 13.6 Å². The Morgan fingerprint density at radius 1 is 1.33 bits per heavy atom. The minimum absolute atomic E-state index is 0.00125. The highest BCUT2D eigenvalue weighted by molar-refractivity contribution is 9.10. The molecule has 0 heterocycles. The molecule has 116 valence electrons. The molecule has 1 rings (SSSR count). The Morgan fingerprint density at radius 3 is 2.48 bits per heavy atom. The first-order valence-corrected chi connectivity index (χ1v) is 7.87. The second kappa shape index (κ2) is 8.17.